The number of nitrogens with zero attached hydrogens (tertiary/aromatic N) is 2. The lowest BCUT2D eigenvalue weighted by molar-refractivity contribution is 0.0526. The number of benzene rings is 2. The molecule has 7 heteroatoms. The molecule has 1 aromatic heterocycles. The Hall–Kier alpha value is -3.87. The first-order valence-electron chi connectivity index (χ1n) is 10.4. The van der Waals surface area contributed by atoms with E-state index in [1.807, 2.05) is 68.7 Å². The molecule has 3 rings (SSSR count). The Bertz CT molecular complexity index is 1180. The number of esters is 1. The number of hydrazone groups is 1. The molecule has 0 atom stereocenters. The maximum absolute atomic E-state index is 12.2. The third-order valence-electron chi connectivity index (χ3n) is 5.09. The Morgan fingerprint density at radius 1 is 1.06 bits per heavy atom. The number of hydrogen-bond donors (Lipinski definition) is 2. The Morgan fingerprint density at radius 2 is 1.84 bits per heavy atom. The van der Waals surface area contributed by atoms with Gasteiger partial charge < -0.3 is 14.6 Å². The van der Waals surface area contributed by atoms with Gasteiger partial charge in [-0.05, 0) is 70.5 Å². The van der Waals surface area contributed by atoms with Crippen LogP contribution < -0.4 is 10.7 Å². The third kappa shape index (κ3) is 5.24. The quantitative estimate of drug-likeness (QED) is 0.325. The van der Waals surface area contributed by atoms with E-state index in [1.54, 1.807) is 25.3 Å². The van der Waals surface area contributed by atoms with Crippen LogP contribution in [-0.2, 0) is 4.74 Å². The number of aryl methyl sites for hydroxylation is 3. The van der Waals surface area contributed by atoms with Gasteiger partial charge in [-0.1, -0.05) is 23.8 Å². The molecule has 166 valence electrons. The van der Waals surface area contributed by atoms with E-state index in [2.05, 4.69) is 15.8 Å². The maximum atomic E-state index is 12.2. The zero-order valence-electron chi connectivity index (χ0n) is 19.0. The second-order valence-corrected chi connectivity index (χ2v) is 7.58. The summed E-state index contributed by atoms with van der Waals surface area (Å²) in [7, 11) is 0. The predicted octanol–water partition coefficient (Wildman–Crippen LogP) is 5.04. The van der Waals surface area contributed by atoms with Gasteiger partial charge in [0.1, 0.15) is 0 Å². The summed E-state index contributed by atoms with van der Waals surface area (Å²) in [5, 5.41) is 6.88. The summed E-state index contributed by atoms with van der Waals surface area (Å²) in [6.45, 7) is 9.99. The molecule has 0 aliphatic rings. The number of aromatic nitrogens is 1. The number of carbonyl (C=O) groups is 2. The molecule has 0 spiro atoms. The second-order valence-electron chi connectivity index (χ2n) is 7.58. The van der Waals surface area contributed by atoms with E-state index in [0.717, 1.165) is 39.5 Å². The summed E-state index contributed by atoms with van der Waals surface area (Å²) < 4.78 is 7.13. The maximum Gasteiger partial charge on any atom is 0.339 e. The van der Waals surface area contributed by atoms with Gasteiger partial charge in [0.2, 0.25) is 0 Å². The Balaban J connectivity index is 1.73. The molecule has 3 aromatic rings. The second kappa shape index (κ2) is 9.96. The van der Waals surface area contributed by atoms with Gasteiger partial charge >= 0.3 is 12.0 Å². The summed E-state index contributed by atoms with van der Waals surface area (Å²) in [5.41, 5.74) is 9.48. The summed E-state index contributed by atoms with van der Waals surface area (Å²) in [6, 6.07) is 14.7. The van der Waals surface area contributed by atoms with Gasteiger partial charge in [0.25, 0.3) is 0 Å². The van der Waals surface area contributed by atoms with Gasteiger partial charge in [-0.15, -0.1) is 0 Å². The number of urea groups is 1. The van der Waals surface area contributed by atoms with Crippen LogP contribution in [0.15, 0.2) is 53.6 Å². The fourth-order valence-corrected chi connectivity index (χ4v) is 3.57. The monoisotopic (exact) mass is 432 g/mol. The van der Waals surface area contributed by atoms with Crippen LogP contribution in [0.3, 0.4) is 0 Å². The van der Waals surface area contributed by atoms with Crippen LogP contribution in [0.2, 0.25) is 0 Å². The minimum absolute atomic E-state index is 0.329. The highest BCUT2D eigenvalue weighted by Crippen LogP contribution is 2.21. The van der Waals surface area contributed by atoms with Gasteiger partial charge in [-0.25, -0.2) is 15.0 Å². The normalized spacial score (nSPS) is 10.9. The largest absolute Gasteiger partial charge is 0.462 e. The van der Waals surface area contributed by atoms with Crippen LogP contribution in [0, 0.1) is 27.7 Å². The minimum atomic E-state index is -0.413. The van der Waals surface area contributed by atoms with Gasteiger partial charge in [0, 0.05) is 28.3 Å². The van der Waals surface area contributed by atoms with Crippen molar-refractivity contribution in [3.8, 4) is 5.69 Å². The molecule has 0 unspecified atom stereocenters. The van der Waals surface area contributed by atoms with E-state index in [1.165, 1.54) is 0 Å². The molecule has 0 saturated carbocycles. The molecule has 0 aliphatic heterocycles. The Morgan fingerprint density at radius 3 is 2.56 bits per heavy atom. The summed E-state index contributed by atoms with van der Waals surface area (Å²) in [5.74, 6) is -0.349. The van der Waals surface area contributed by atoms with Crippen LogP contribution in [0.1, 0.15) is 45.4 Å². The number of nitrogens with one attached hydrogen (secondary N) is 2. The summed E-state index contributed by atoms with van der Waals surface area (Å²) in [4.78, 5) is 24.3. The van der Waals surface area contributed by atoms with Crippen molar-refractivity contribution in [2.75, 3.05) is 11.9 Å². The number of amides is 2. The molecule has 1 heterocycles. The van der Waals surface area contributed by atoms with Crippen LogP contribution in [0.5, 0.6) is 0 Å². The molecular formula is C25H28N4O3. The van der Waals surface area contributed by atoms with Crippen molar-refractivity contribution in [2.24, 2.45) is 5.10 Å². The highest BCUT2D eigenvalue weighted by Gasteiger charge is 2.13. The van der Waals surface area contributed by atoms with Crippen LogP contribution in [0.25, 0.3) is 5.69 Å². The fraction of sp³-hybridized carbons (Fsp3) is 0.240. The van der Waals surface area contributed by atoms with Gasteiger partial charge in [-0.2, -0.15) is 5.10 Å². The summed E-state index contributed by atoms with van der Waals surface area (Å²) in [6.07, 6.45) is 1.61. The predicted molar refractivity (Wildman–Crippen MR) is 127 cm³/mol. The average Bonchev–Trinajstić information content (AvgIpc) is 3.03. The van der Waals surface area contributed by atoms with Crippen LogP contribution >= 0.6 is 0 Å². The first kappa shape index (κ1) is 22.8. The van der Waals surface area contributed by atoms with E-state index in [4.69, 9.17) is 4.74 Å². The van der Waals surface area contributed by atoms with E-state index in [9.17, 15) is 9.59 Å². The van der Waals surface area contributed by atoms with Gasteiger partial charge in [0.15, 0.2) is 0 Å². The van der Waals surface area contributed by atoms with Crippen molar-refractivity contribution in [2.45, 2.75) is 34.6 Å². The van der Waals surface area contributed by atoms with Crippen molar-refractivity contribution >= 4 is 23.9 Å². The number of rotatable bonds is 6. The first-order chi connectivity index (χ1) is 15.3. The first-order valence-corrected chi connectivity index (χ1v) is 10.4. The molecule has 0 radical (unpaired) electrons. The lowest BCUT2D eigenvalue weighted by Crippen LogP contribution is -2.24. The van der Waals surface area contributed by atoms with Crippen molar-refractivity contribution in [1.29, 1.82) is 0 Å². The van der Waals surface area contributed by atoms with Crippen molar-refractivity contribution in [3.05, 3.63) is 82.2 Å². The SMILES string of the molecule is CCOC(=O)c1cccc(-n2c(C)cc(/C=N/NC(=O)Nc3ccc(C)cc3C)c2C)c1. The molecule has 0 saturated heterocycles. The lowest BCUT2D eigenvalue weighted by Gasteiger charge is -2.11. The lowest BCUT2D eigenvalue weighted by atomic mass is 10.1. The van der Waals surface area contributed by atoms with Gasteiger partial charge in [0.05, 0.1) is 18.4 Å². The molecule has 2 N–H and O–H groups in total. The molecule has 2 amide bonds. The van der Waals surface area contributed by atoms with Gasteiger partial charge in [-0.3, -0.25) is 0 Å². The molecular weight excluding hydrogens is 404 g/mol. The fourth-order valence-electron chi connectivity index (χ4n) is 3.57. The Labute approximate surface area is 188 Å². The standard InChI is InChI=1S/C25H28N4O3/c1-6-32-24(30)20-8-7-9-22(14-20)29-18(4)13-21(19(29)5)15-26-28-25(31)27-23-11-10-16(2)12-17(23)3/h7-15H,6H2,1-5H3,(H2,27,28,31)/b26-15+. The number of hydrogen-bond acceptors (Lipinski definition) is 4. The van der Waals surface area contributed by atoms with Crippen molar-refractivity contribution < 1.29 is 14.3 Å². The molecule has 0 fully saturated rings. The van der Waals surface area contributed by atoms with E-state index < -0.39 is 6.03 Å². The molecule has 7 nitrogen and oxygen atoms in total. The molecule has 0 bridgehead atoms. The molecule has 0 aliphatic carbocycles. The topological polar surface area (TPSA) is 84.7 Å². The van der Waals surface area contributed by atoms with Crippen LogP contribution in [-0.4, -0.2) is 29.4 Å². The van der Waals surface area contributed by atoms with Crippen molar-refractivity contribution in [3.63, 3.8) is 0 Å². The average molecular weight is 433 g/mol. The van der Waals surface area contributed by atoms with E-state index in [-0.39, 0.29) is 5.97 Å². The van der Waals surface area contributed by atoms with Crippen LogP contribution in [0.4, 0.5) is 10.5 Å². The van der Waals surface area contributed by atoms with E-state index in [0.29, 0.717) is 12.2 Å². The van der Waals surface area contributed by atoms with E-state index >= 15 is 0 Å². The minimum Gasteiger partial charge on any atom is -0.462 e. The smallest absolute Gasteiger partial charge is 0.339 e. The molecule has 32 heavy (non-hydrogen) atoms. The zero-order chi connectivity index (χ0) is 23.3. The number of carbonyl (C=O) groups excluding carboxylic acids is 2. The van der Waals surface area contributed by atoms with Crippen molar-refractivity contribution in [1.82, 2.24) is 9.99 Å². The molecule has 2 aromatic carbocycles. The Kier molecular flexibility index (Phi) is 7.10. The zero-order valence-corrected chi connectivity index (χ0v) is 19.0. The summed E-state index contributed by atoms with van der Waals surface area (Å²) >= 11 is 0. The highest BCUT2D eigenvalue weighted by atomic mass is 16.5. The number of ether oxygens (including phenoxy) is 1. The number of anilines is 1. The highest BCUT2D eigenvalue weighted by molar-refractivity contribution is 5.92. The third-order valence-corrected chi connectivity index (χ3v) is 5.09.